The molecular weight excluding hydrogens is 144 g/mol. The van der Waals surface area contributed by atoms with E-state index in [-0.39, 0.29) is 12.1 Å². The van der Waals surface area contributed by atoms with Gasteiger partial charge in [0.1, 0.15) is 0 Å². The van der Waals surface area contributed by atoms with Gasteiger partial charge in [-0.2, -0.15) is 0 Å². The van der Waals surface area contributed by atoms with E-state index in [9.17, 15) is 4.79 Å². The number of carbonyl (C=O) groups is 1. The Bertz CT molecular complexity index is 161. The summed E-state index contributed by atoms with van der Waals surface area (Å²) in [4.78, 5) is 12.0. The van der Waals surface area contributed by atoms with Gasteiger partial charge in [-0.1, -0.05) is 0 Å². The maximum absolute atomic E-state index is 10.6. The monoisotopic (exact) mass is 158 g/mol. The van der Waals surface area contributed by atoms with Crippen molar-refractivity contribution >= 4 is 6.09 Å². The van der Waals surface area contributed by atoms with Gasteiger partial charge < -0.3 is 15.7 Å². The normalized spacial score (nSPS) is 32.0. The smallest absolute Gasteiger partial charge is 0.407 e. The molecule has 0 bridgehead atoms. The van der Waals surface area contributed by atoms with Gasteiger partial charge >= 0.3 is 6.09 Å². The van der Waals surface area contributed by atoms with E-state index >= 15 is 0 Å². The van der Waals surface area contributed by atoms with Crippen LogP contribution in [0.2, 0.25) is 0 Å². The molecule has 0 spiro atoms. The van der Waals surface area contributed by atoms with Gasteiger partial charge in [0.15, 0.2) is 0 Å². The first kappa shape index (κ1) is 8.33. The highest BCUT2D eigenvalue weighted by Gasteiger charge is 2.28. The molecule has 64 valence electrons. The number of carboxylic acid groups (broad SMARTS) is 1. The van der Waals surface area contributed by atoms with Crippen molar-refractivity contribution in [3.8, 4) is 0 Å². The first-order chi connectivity index (χ1) is 5.13. The second-order valence-corrected chi connectivity index (χ2v) is 3.02. The van der Waals surface area contributed by atoms with Gasteiger partial charge in [0.2, 0.25) is 0 Å². The number of hydrogen-bond acceptors (Lipinski definition) is 2. The fourth-order valence-corrected chi connectivity index (χ4v) is 1.44. The molecule has 0 aliphatic carbocycles. The lowest BCUT2D eigenvalue weighted by Crippen LogP contribution is -2.52. The van der Waals surface area contributed by atoms with Crippen LogP contribution in [0.15, 0.2) is 0 Å². The van der Waals surface area contributed by atoms with Crippen LogP contribution in [0.3, 0.4) is 0 Å². The molecule has 0 saturated carbocycles. The fourth-order valence-electron chi connectivity index (χ4n) is 1.44. The van der Waals surface area contributed by atoms with Crippen molar-refractivity contribution in [3.05, 3.63) is 0 Å². The molecule has 1 amide bonds. The molecule has 0 radical (unpaired) electrons. The van der Waals surface area contributed by atoms with Crippen LogP contribution in [0.25, 0.3) is 0 Å². The lowest BCUT2D eigenvalue weighted by molar-refractivity contribution is 0.104. The average Bonchev–Trinajstić information content (AvgIpc) is 1.94. The molecular formula is C7H14N2O2. The van der Waals surface area contributed by atoms with Crippen molar-refractivity contribution in [3.63, 3.8) is 0 Å². The van der Waals surface area contributed by atoms with Gasteiger partial charge in [-0.15, -0.1) is 0 Å². The van der Waals surface area contributed by atoms with Crippen LogP contribution in [-0.4, -0.2) is 34.7 Å². The number of hydrogen-bond donors (Lipinski definition) is 2. The quantitative estimate of drug-likeness (QED) is 0.538. The molecule has 1 aliphatic rings. The van der Waals surface area contributed by atoms with Crippen LogP contribution in [0.5, 0.6) is 0 Å². The Morgan fingerprint density at radius 1 is 1.73 bits per heavy atom. The van der Waals surface area contributed by atoms with Crippen molar-refractivity contribution in [2.45, 2.75) is 31.8 Å². The minimum atomic E-state index is -0.854. The molecule has 1 saturated heterocycles. The van der Waals surface area contributed by atoms with Crippen molar-refractivity contribution in [1.29, 1.82) is 0 Å². The highest BCUT2D eigenvalue weighted by molar-refractivity contribution is 5.65. The van der Waals surface area contributed by atoms with E-state index < -0.39 is 6.09 Å². The minimum Gasteiger partial charge on any atom is -0.465 e. The van der Waals surface area contributed by atoms with Crippen LogP contribution in [0.4, 0.5) is 4.79 Å². The summed E-state index contributed by atoms with van der Waals surface area (Å²) >= 11 is 0. The zero-order valence-electron chi connectivity index (χ0n) is 6.66. The molecule has 0 aromatic heterocycles. The van der Waals surface area contributed by atoms with Crippen molar-refractivity contribution in [2.24, 2.45) is 5.73 Å². The highest BCUT2D eigenvalue weighted by atomic mass is 16.4. The number of piperidine rings is 1. The van der Waals surface area contributed by atoms with Gasteiger partial charge in [0.05, 0.1) is 0 Å². The zero-order valence-corrected chi connectivity index (χ0v) is 6.66. The zero-order chi connectivity index (χ0) is 8.43. The Kier molecular flexibility index (Phi) is 2.34. The molecule has 1 aliphatic heterocycles. The Morgan fingerprint density at radius 3 is 2.82 bits per heavy atom. The molecule has 1 fully saturated rings. The predicted molar refractivity (Wildman–Crippen MR) is 41.4 cm³/mol. The van der Waals surface area contributed by atoms with E-state index in [4.69, 9.17) is 10.8 Å². The maximum Gasteiger partial charge on any atom is 0.407 e. The largest absolute Gasteiger partial charge is 0.465 e. The third kappa shape index (κ3) is 1.63. The minimum absolute atomic E-state index is 0.0137. The van der Waals surface area contributed by atoms with Gasteiger partial charge in [-0.05, 0) is 19.8 Å². The fraction of sp³-hybridized carbons (Fsp3) is 0.857. The number of rotatable bonds is 0. The third-order valence-corrected chi connectivity index (χ3v) is 2.29. The van der Waals surface area contributed by atoms with Gasteiger partial charge in [-0.3, -0.25) is 0 Å². The molecule has 1 rings (SSSR count). The second kappa shape index (κ2) is 3.09. The standard InChI is InChI=1S/C7H14N2O2/c1-5-6(8)3-2-4-9(5)7(10)11/h5-6H,2-4,8H2,1H3,(H,10,11)/t5-,6?/m0/s1. The molecule has 1 unspecified atom stereocenters. The summed E-state index contributed by atoms with van der Waals surface area (Å²) in [5, 5.41) is 8.70. The predicted octanol–water partition coefficient (Wildman–Crippen LogP) is 0.476. The lowest BCUT2D eigenvalue weighted by Gasteiger charge is -2.35. The van der Waals surface area contributed by atoms with Crippen LogP contribution >= 0.6 is 0 Å². The topological polar surface area (TPSA) is 66.6 Å². The maximum atomic E-state index is 10.6. The Morgan fingerprint density at radius 2 is 2.36 bits per heavy atom. The van der Waals surface area contributed by atoms with E-state index in [1.165, 1.54) is 4.90 Å². The van der Waals surface area contributed by atoms with Crippen molar-refractivity contribution in [2.75, 3.05) is 6.54 Å². The van der Waals surface area contributed by atoms with Crippen LogP contribution < -0.4 is 5.73 Å². The Balaban J connectivity index is 2.58. The number of nitrogens with two attached hydrogens (primary N) is 1. The molecule has 3 N–H and O–H groups in total. The SMILES string of the molecule is C[C@H]1C(N)CCCN1C(=O)O. The van der Waals surface area contributed by atoms with Crippen LogP contribution in [0.1, 0.15) is 19.8 Å². The van der Waals surface area contributed by atoms with E-state index in [1.54, 1.807) is 0 Å². The van der Waals surface area contributed by atoms with Crippen molar-refractivity contribution < 1.29 is 9.90 Å². The molecule has 0 aromatic carbocycles. The van der Waals surface area contributed by atoms with E-state index in [0.717, 1.165) is 12.8 Å². The molecule has 4 nitrogen and oxygen atoms in total. The summed E-state index contributed by atoms with van der Waals surface area (Å²) in [5.74, 6) is 0. The van der Waals surface area contributed by atoms with Gasteiger partial charge in [-0.25, -0.2) is 4.79 Å². The van der Waals surface area contributed by atoms with Crippen LogP contribution in [0, 0.1) is 0 Å². The molecule has 0 aromatic rings. The first-order valence-corrected chi connectivity index (χ1v) is 3.88. The van der Waals surface area contributed by atoms with E-state index in [0.29, 0.717) is 6.54 Å². The number of likely N-dealkylation sites (tertiary alicyclic amines) is 1. The van der Waals surface area contributed by atoms with Crippen molar-refractivity contribution in [1.82, 2.24) is 4.90 Å². The second-order valence-electron chi connectivity index (χ2n) is 3.02. The van der Waals surface area contributed by atoms with Gasteiger partial charge in [0.25, 0.3) is 0 Å². The molecule has 4 heteroatoms. The van der Waals surface area contributed by atoms with E-state index in [2.05, 4.69) is 0 Å². The highest BCUT2D eigenvalue weighted by Crippen LogP contribution is 2.15. The molecule has 2 atom stereocenters. The summed E-state index contributed by atoms with van der Waals surface area (Å²) in [7, 11) is 0. The Labute approximate surface area is 66.0 Å². The average molecular weight is 158 g/mol. The summed E-state index contributed by atoms with van der Waals surface area (Å²) in [6, 6.07) is -0.0129. The summed E-state index contributed by atoms with van der Waals surface area (Å²) in [6.07, 6.45) is 0.968. The molecule has 11 heavy (non-hydrogen) atoms. The lowest BCUT2D eigenvalue weighted by atomic mass is 9.99. The first-order valence-electron chi connectivity index (χ1n) is 3.88. The summed E-state index contributed by atoms with van der Waals surface area (Å²) < 4.78 is 0. The molecule has 1 heterocycles. The summed E-state index contributed by atoms with van der Waals surface area (Å²) in [6.45, 7) is 2.49. The number of amides is 1. The third-order valence-electron chi connectivity index (χ3n) is 2.29. The number of nitrogens with zero attached hydrogens (tertiary/aromatic N) is 1. The van der Waals surface area contributed by atoms with Crippen LogP contribution in [-0.2, 0) is 0 Å². The Hall–Kier alpha value is -0.770. The van der Waals surface area contributed by atoms with E-state index in [1.807, 2.05) is 6.92 Å². The van der Waals surface area contributed by atoms with Gasteiger partial charge in [0, 0.05) is 18.6 Å². The summed E-state index contributed by atoms with van der Waals surface area (Å²) in [5.41, 5.74) is 5.70.